The van der Waals surface area contributed by atoms with Crippen LogP contribution in [0.1, 0.15) is 18.0 Å². The van der Waals surface area contributed by atoms with E-state index in [1.54, 1.807) is 14.2 Å². The monoisotopic (exact) mass is 280 g/mol. The minimum Gasteiger partial charge on any atom is -0.385 e. The molecule has 0 saturated carbocycles. The molecule has 0 saturated heterocycles. The Morgan fingerprint density at radius 2 is 1.75 bits per heavy atom. The maximum atomic E-state index is 5.21. The first-order chi connectivity index (χ1) is 9.81. The first-order valence-corrected chi connectivity index (χ1v) is 7.24. The van der Waals surface area contributed by atoms with E-state index in [1.807, 2.05) is 7.05 Å². The van der Waals surface area contributed by atoms with Crippen LogP contribution < -0.4 is 5.32 Å². The van der Waals surface area contributed by atoms with E-state index in [2.05, 4.69) is 40.5 Å². The summed E-state index contributed by atoms with van der Waals surface area (Å²) in [6, 6.07) is 10.9. The minimum absolute atomic E-state index is 0.343. The molecule has 1 N–H and O–H groups in total. The third-order valence-corrected chi connectivity index (χ3v) is 3.43. The highest BCUT2D eigenvalue weighted by Gasteiger charge is 2.14. The fourth-order valence-electron chi connectivity index (χ4n) is 2.25. The number of methoxy groups -OCH3 is 2. The van der Waals surface area contributed by atoms with Crippen molar-refractivity contribution in [2.75, 3.05) is 54.1 Å². The molecule has 1 aromatic carbocycles. The quantitative estimate of drug-likeness (QED) is 0.628. The molecular formula is C16H28N2O2. The molecule has 0 heterocycles. The summed E-state index contributed by atoms with van der Waals surface area (Å²) >= 11 is 0. The van der Waals surface area contributed by atoms with Crippen molar-refractivity contribution < 1.29 is 9.47 Å². The molecular weight excluding hydrogens is 252 g/mol. The van der Waals surface area contributed by atoms with Gasteiger partial charge in [0, 0.05) is 46.5 Å². The normalized spacial score (nSPS) is 12.8. The van der Waals surface area contributed by atoms with Crippen molar-refractivity contribution >= 4 is 0 Å². The second-order valence-electron chi connectivity index (χ2n) is 4.89. The highest BCUT2D eigenvalue weighted by molar-refractivity contribution is 5.19. The summed E-state index contributed by atoms with van der Waals surface area (Å²) in [4.78, 5) is 2.43. The molecule has 0 aromatic heterocycles. The van der Waals surface area contributed by atoms with E-state index in [0.29, 0.717) is 6.04 Å². The largest absolute Gasteiger partial charge is 0.385 e. The Kier molecular flexibility index (Phi) is 9.24. The molecule has 1 rings (SSSR count). The molecule has 1 aromatic rings. The van der Waals surface area contributed by atoms with Gasteiger partial charge in [0.25, 0.3) is 0 Å². The van der Waals surface area contributed by atoms with Crippen LogP contribution >= 0.6 is 0 Å². The molecule has 0 aliphatic rings. The first-order valence-electron chi connectivity index (χ1n) is 7.24. The van der Waals surface area contributed by atoms with Crippen LogP contribution in [0.15, 0.2) is 30.3 Å². The van der Waals surface area contributed by atoms with Crippen molar-refractivity contribution in [3.63, 3.8) is 0 Å². The Balaban J connectivity index is 2.55. The van der Waals surface area contributed by atoms with Gasteiger partial charge in [-0.15, -0.1) is 0 Å². The van der Waals surface area contributed by atoms with Crippen LogP contribution in [-0.4, -0.2) is 59.0 Å². The Labute approximate surface area is 123 Å². The van der Waals surface area contributed by atoms with Gasteiger partial charge >= 0.3 is 0 Å². The number of nitrogens with one attached hydrogen (secondary N) is 1. The van der Waals surface area contributed by atoms with Gasteiger partial charge in [-0.1, -0.05) is 30.3 Å². The van der Waals surface area contributed by atoms with Gasteiger partial charge in [0.1, 0.15) is 0 Å². The zero-order valence-corrected chi connectivity index (χ0v) is 13.0. The number of likely N-dealkylation sites (N-methyl/N-ethyl adjacent to an activating group) is 1. The predicted octanol–water partition coefficient (Wildman–Crippen LogP) is 1.93. The summed E-state index contributed by atoms with van der Waals surface area (Å²) in [5, 5.41) is 3.40. The Bertz CT molecular complexity index is 333. The van der Waals surface area contributed by atoms with Gasteiger partial charge in [-0.2, -0.15) is 0 Å². The van der Waals surface area contributed by atoms with E-state index in [9.17, 15) is 0 Å². The third-order valence-electron chi connectivity index (χ3n) is 3.43. The van der Waals surface area contributed by atoms with Gasteiger partial charge in [-0.05, 0) is 19.0 Å². The van der Waals surface area contributed by atoms with E-state index in [1.165, 1.54) is 5.56 Å². The van der Waals surface area contributed by atoms with Crippen LogP contribution in [0.5, 0.6) is 0 Å². The zero-order valence-electron chi connectivity index (χ0n) is 13.0. The fourth-order valence-corrected chi connectivity index (χ4v) is 2.25. The number of hydrogen-bond donors (Lipinski definition) is 1. The van der Waals surface area contributed by atoms with Crippen molar-refractivity contribution in [3.8, 4) is 0 Å². The molecule has 4 nitrogen and oxygen atoms in total. The second-order valence-corrected chi connectivity index (χ2v) is 4.89. The van der Waals surface area contributed by atoms with E-state index in [4.69, 9.17) is 9.47 Å². The molecule has 0 aliphatic carbocycles. The van der Waals surface area contributed by atoms with E-state index in [0.717, 1.165) is 39.3 Å². The average Bonchev–Trinajstić information content (AvgIpc) is 2.50. The summed E-state index contributed by atoms with van der Waals surface area (Å²) in [5.41, 5.74) is 1.32. The molecule has 1 atom stereocenters. The molecule has 20 heavy (non-hydrogen) atoms. The lowest BCUT2D eigenvalue weighted by atomic mass is 10.1. The SMILES string of the molecule is CNC(CN(CCCOC)CCOC)c1ccccc1. The van der Waals surface area contributed by atoms with Crippen molar-refractivity contribution in [2.24, 2.45) is 0 Å². The second kappa shape index (κ2) is 10.8. The van der Waals surface area contributed by atoms with Gasteiger partial charge in [0.05, 0.1) is 6.61 Å². The standard InChI is InChI=1S/C16H28N2O2/c1-17-16(15-8-5-4-6-9-15)14-18(11-13-20-3)10-7-12-19-2/h4-6,8-9,16-17H,7,10-14H2,1-3H3. The van der Waals surface area contributed by atoms with Crippen molar-refractivity contribution in [2.45, 2.75) is 12.5 Å². The number of hydrogen-bond acceptors (Lipinski definition) is 4. The Morgan fingerprint density at radius 1 is 1.05 bits per heavy atom. The van der Waals surface area contributed by atoms with E-state index in [-0.39, 0.29) is 0 Å². The van der Waals surface area contributed by atoms with Crippen LogP contribution in [0.4, 0.5) is 0 Å². The van der Waals surface area contributed by atoms with Gasteiger partial charge in [0.15, 0.2) is 0 Å². The molecule has 0 amide bonds. The minimum atomic E-state index is 0.343. The summed E-state index contributed by atoms with van der Waals surface area (Å²) in [6.07, 6.45) is 1.05. The summed E-state index contributed by atoms with van der Waals surface area (Å²) < 4.78 is 10.3. The summed E-state index contributed by atoms with van der Waals surface area (Å²) in [6.45, 7) is 4.53. The maximum absolute atomic E-state index is 5.21. The molecule has 1 unspecified atom stereocenters. The van der Waals surface area contributed by atoms with Gasteiger partial charge in [-0.3, -0.25) is 4.90 Å². The van der Waals surface area contributed by atoms with Gasteiger partial charge < -0.3 is 14.8 Å². The summed E-state index contributed by atoms with van der Waals surface area (Å²) in [7, 11) is 5.52. The van der Waals surface area contributed by atoms with Crippen molar-refractivity contribution in [1.29, 1.82) is 0 Å². The van der Waals surface area contributed by atoms with Crippen LogP contribution in [0.3, 0.4) is 0 Å². The molecule has 0 radical (unpaired) electrons. The highest BCUT2D eigenvalue weighted by Crippen LogP contribution is 2.13. The first kappa shape index (κ1) is 17.1. The average molecular weight is 280 g/mol. The van der Waals surface area contributed by atoms with Crippen LogP contribution in [0, 0.1) is 0 Å². The van der Waals surface area contributed by atoms with Crippen LogP contribution in [-0.2, 0) is 9.47 Å². The van der Waals surface area contributed by atoms with Gasteiger partial charge in [-0.25, -0.2) is 0 Å². The predicted molar refractivity (Wildman–Crippen MR) is 83.1 cm³/mol. The fraction of sp³-hybridized carbons (Fsp3) is 0.625. The molecule has 0 fully saturated rings. The van der Waals surface area contributed by atoms with Gasteiger partial charge in [0.2, 0.25) is 0 Å². The topological polar surface area (TPSA) is 33.7 Å². The number of nitrogens with zero attached hydrogens (tertiary/aromatic N) is 1. The Hall–Kier alpha value is -0.940. The molecule has 0 spiro atoms. The number of rotatable bonds is 11. The maximum Gasteiger partial charge on any atom is 0.0589 e. The summed E-state index contributed by atoms with van der Waals surface area (Å²) in [5.74, 6) is 0. The van der Waals surface area contributed by atoms with Crippen LogP contribution in [0.2, 0.25) is 0 Å². The lowest BCUT2D eigenvalue weighted by Crippen LogP contribution is -2.36. The third kappa shape index (κ3) is 6.48. The highest BCUT2D eigenvalue weighted by atomic mass is 16.5. The van der Waals surface area contributed by atoms with E-state index >= 15 is 0 Å². The smallest absolute Gasteiger partial charge is 0.0589 e. The lowest BCUT2D eigenvalue weighted by Gasteiger charge is -2.27. The van der Waals surface area contributed by atoms with Crippen LogP contribution in [0.25, 0.3) is 0 Å². The molecule has 4 heteroatoms. The zero-order chi connectivity index (χ0) is 14.6. The Morgan fingerprint density at radius 3 is 2.35 bits per heavy atom. The van der Waals surface area contributed by atoms with E-state index < -0.39 is 0 Å². The van der Waals surface area contributed by atoms with Crippen molar-refractivity contribution in [1.82, 2.24) is 10.2 Å². The molecule has 0 bridgehead atoms. The number of ether oxygens (including phenoxy) is 2. The number of benzene rings is 1. The van der Waals surface area contributed by atoms with Crippen molar-refractivity contribution in [3.05, 3.63) is 35.9 Å². The lowest BCUT2D eigenvalue weighted by molar-refractivity contribution is 0.127. The molecule has 0 aliphatic heterocycles. The molecule has 114 valence electrons.